The number of primary amides is 1. The van der Waals surface area contributed by atoms with Crippen molar-refractivity contribution in [1.29, 1.82) is 0 Å². The Bertz CT molecular complexity index is 926. The molecule has 0 fully saturated rings. The summed E-state index contributed by atoms with van der Waals surface area (Å²) in [6.07, 6.45) is 1.56. The average molecular weight is 302 g/mol. The minimum absolute atomic E-state index is 0.233. The molecule has 3 aromatic rings. The third kappa shape index (κ3) is 2.25. The van der Waals surface area contributed by atoms with Crippen molar-refractivity contribution in [1.82, 2.24) is 15.0 Å². The van der Waals surface area contributed by atoms with Gasteiger partial charge in [-0.2, -0.15) is 0 Å². The first-order valence-electron chi connectivity index (χ1n) is 6.02. The zero-order valence-electron chi connectivity index (χ0n) is 10.6. The van der Waals surface area contributed by atoms with Gasteiger partial charge in [-0.3, -0.25) is 14.6 Å². The van der Waals surface area contributed by atoms with Gasteiger partial charge in [0, 0.05) is 11.6 Å². The summed E-state index contributed by atoms with van der Waals surface area (Å²) in [5, 5.41) is 2.46. The first kappa shape index (κ1) is 13.3. The van der Waals surface area contributed by atoms with Gasteiger partial charge < -0.3 is 10.7 Å². The van der Waals surface area contributed by atoms with Crippen molar-refractivity contribution in [2.45, 2.75) is 5.92 Å². The highest BCUT2D eigenvalue weighted by Gasteiger charge is 2.25. The molecule has 1 unspecified atom stereocenters. The fourth-order valence-corrected chi connectivity index (χ4v) is 3.03. The maximum Gasteiger partial charge on any atom is 0.326 e. The Balaban J connectivity index is 2.36. The molecule has 1 atom stereocenters. The zero-order valence-corrected chi connectivity index (χ0v) is 11.4. The summed E-state index contributed by atoms with van der Waals surface area (Å²) in [5.74, 6) is -1.44. The molecule has 4 N–H and O–H groups in total. The molecule has 0 aliphatic carbocycles. The van der Waals surface area contributed by atoms with Crippen LogP contribution in [0.1, 0.15) is 16.5 Å². The minimum atomic E-state index is -0.833. The zero-order chi connectivity index (χ0) is 15.0. The Morgan fingerprint density at radius 2 is 2.10 bits per heavy atom. The van der Waals surface area contributed by atoms with Crippen LogP contribution in [0, 0.1) is 0 Å². The summed E-state index contributed by atoms with van der Waals surface area (Å²) in [4.78, 5) is 44.0. The van der Waals surface area contributed by atoms with Gasteiger partial charge >= 0.3 is 5.69 Å². The van der Waals surface area contributed by atoms with Crippen molar-refractivity contribution in [2.24, 2.45) is 5.73 Å². The third-order valence-electron chi connectivity index (χ3n) is 3.09. The SMILES string of the molecule is NC(=O)C(c1nccs1)c1cccc2[nH]c(=O)[nH]c(=O)c12. The van der Waals surface area contributed by atoms with E-state index in [1.54, 1.807) is 29.8 Å². The Labute approximate surface area is 121 Å². The number of aromatic amines is 2. The average Bonchev–Trinajstić information content (AvgIpc) is 2.91. The van der Waals surface area contributed by atoms with E-state index in [9.17, 15) is 14.4 Å². The minimum Gasteiger partial charge on any atom is -0.369 e. The number of amides is 1. The number of benzene rings is 1. The molecule has 1 amide bonds. The van der Waals surface area contributed by atoms with E-state index in [0.717, 1.165) is 0 Å². The topological polar surface area (TPSA) is 122 Å². The molecular formula is C13H10N4O3S. The second-order valence-corrected chi connectivity index (χ2v) is 5.31. The smallest absolute Gasteiger partial charge is 0.326 e. The molecule has 0 radical (unpaired) electrons. The second kappa shape index (κ2) is 4.98. The van der Waals surface area contributed by atoms with Crippen molar-refractivity contribution < 1.29 is 4.79 Å². The predicted octanol–water partition coefficient (Wildman–Crippen LogP) is 0.290. The number of nitrogens with one attached hydrogen (secondary N) is 2. The van der Waals surface area contributed by atoms with Crippen LogP contribution >= 0.6 is 11.3 Å². The Hall–Kier alpha value is -2.74. The lowest BCUT2D eigenvalue weighted by molar-refractivity contribution is -0.118. The summed E-state index contributed by atoms with van der Waals surface area (Å²) in [7, 11) is 0. The van der Waals surface area contributed by atoms with Crippen LogP contribution in [0.25, 0.3) is 10.9 Å². The van der Waals surface area contributed by atoms with Crippen LogP contribution in [-0.4, -0.2) is 20.9 Å². The summed E-state index contributed by atoms with van der Waals surface area (Å²) in [6.45, 7) is 0. The second-order valence-electron chi connectivity index (χ2n) is 4.38. The monoisotopic (exact) mass is 302 g/mol. The van der Waals surface area contributed by atoms with E-state index in [1.807, 2.05) is 0 Å². The molecule has 0 bridgehead atoms. The number of carbonyl (C=O) groups is 1. The molecule has 106 valence electrons. The van der Waals surface area contributed by atoms with E-state index in [2.05, 4.69) is 15.0 Å². The van der Waals surface area contributed by atoms with E-state index < -0.39 is 23.1 Å². The van der Waals surface area contributed by atoms with Gasteiger partial charge in [-0.15, -0.1) is 11.3 Å². The Morgan fingerprint density at radius 1 is 1.29 bits per heavy atom. The number of hydrogen-bond acceptors (Lipinski definition) is 5. The van der Waals surface area contributed by atoms with Crippen molar-refractivity contribution in [3.05, 3.63) is 61.2 Å². The van der Waals surface area contributed by atoms with Gasteiger partial charge in [0.15, 0.2) is 0 Å². The predicted molar refractivity (Wildman–Crippen MR) is 78.3 cm³/mol. The van der Waals surface area contributed by atoms with E-state index in [-0.39, 0.29) is 5.39 Å². The molecule has 0 saturated heterocycles. The van der Waals surface area contributed by atoms with Gasteiger partial charge in [-0.05, 0) is 11.6 Å². The number of thiazole rings is 1. The van der Waals surface area contributed by atoms with Crippen LogP contribution in [0.5, 0.6) is 0 Å². The standard InChI is InChI=1S/C13H10N4O3S/c14-10(18)9(12-15-4-5-21-12)6-2-1-3-7-8(6)11(19)17-13(20)16-7/h1-5,9H,(H2,14,18)(H2,16,17,19,20). The Kier molecular flexibility index (Phi) is 3.15. The quantitative estimate of drug-likeness (QED) is 0.643. The number of fused-ring (bicyclic) bond motifs is 1. The summed E-state index contributed by atoms with van der Waals surface area (Å²) in [5.41, 5.74) is 5.08. The van der Waals surface area contributed by atoms with Crippen molar-refractivity contribution in [2.75, 3.05) is 0 Å². The van der Waals surface area contributed by atoms with Gasteiger partial charge in [0.25, 0.3) is 5.56 Å². The van der Waals surface area contributed by atoms with Crippen LogP contribution < -0.4 is 17.0 Å². The molecule has 1 aromatic carbocycles. The highest BCUT2D eigenvalue weighted by atomic mass is 32.1. The molecular weight excluding hydrogens is 292 g/mol. The van der Waals surface area contributed by atoms with Crippen molar-refractivity contribution in [3.63, 3.8) is 0 Å². The molecule has 7 nitrogen and oxygen atoms in total. The maximum atomic E-state index is 12.1. The highest BCUT2D eigenvalue weighted by molar-refractivity contribution is 7.09. The largest absolute Gasteiger partial charge is 0.369 e. The number of aromatic nitrogens is 3. The normalized spacial score (nSPS) is 12.4. The molecule has 2 aromatic heterocycles. The van der Waals surface area contributed by atoms with Crippen LogP contribution in [0.3, 0.4) is 0 Å². The first-order valence-corrected chi connectivity index (χ1v) is 6.90. The number of hydrogen-bond donors (Lipinski definition) is 3. The molecule has 3 rings (SSSR count). The maximum absolute atomic E-state index is 12.1. The Morgan fingerprint density at radius 3 is 2.76 bits per heavy atom. The number of carbonyl (C=O) groups excluding carboxylic acids is 1. The first-order chi connectivity index (χ1) is 10.1. The van der Waals surface area contributed by atoms with Crippen LogP contribution in [-0.2, 0) is 4.79 Å². The fraction of sp³-hybridized carbons (Fsp3) is 0.0769. The van der Waals surface area contributed by atoms with Gasteiger partial charge in [0.05, 0.1) is 10.9 Å². The fourth-order valence-electron chi connectivity index (χ4n) is 2.27. The molecule has 0 aliphatic heterocycles. The van der Waals surface area contributed by atoms with Gasteiger partial charge in [0.1, 0.15) is 10.9 Å². The van der Waals surface area contributed by atoms with Gasteiger partial charge in [0.2, 0.25) is 5.91 Å². The molecule has 8 heteroatoms. The van der Waals surface area contributed by atoms with E-state index in [1.165, 1.54) is 11.3 Å². The molecule has 21 heavy (non-hydrogen) atoms. The summed E-state index contributed by atoms with van der Waals surface area (Å²) >= 11 is 1.28. The number of rotatable bonds is 3. The number of H-pyrrole nitrogens is 2. The third-order valence-corrected chi connectivity index (χ3v) is 3.93. The van der Waals surface area contributed by atoms with Gasteiger partial charge in [-0.25, -0.2) is 9.78 Å². The van der Waals surface area contributed by atoms with Crippen LogP contribution in [0.4, 0.5) is 0 Å². The summed E-state index contributed by atoms with van der Waals surface area (Å²) in [6, 6.07) is 4.87. The lowest BCUT2D eigenvalue weighted by Gasteiger charge is -2.13. The number of nitrogens with two attached hydrogens (primary N) is 1. The summed E-state index contributed by atoms with van der Waals surface area (Å²) < 4.78 is 0. The van der Waals surface area contributed by atoms with E-state index >= 15 is 0 Å². The molecule has 0 saturated carbocycles. The van der Waals surface area contributed by atoms with Crippen molar-refractivity contribution >= 4 is 28.1 Å². The molecule has 2 heterocycles. The highest BCUT2D eigenvalue weighted by Crippen LogP contribution is 2.29. The molecule has 0 spiro atoms. The van der Waals surface area contributed by atoms with Gasteiger partial charge in [-0.1, -0.05) is 12.1 Å². The van der Waals surface area contributed by atoms with E-state index in [4.69, 9.17) is 5.73 Å². The van der Waals surface area contributed by atoms with Crippen LogP contribution in [0.15, 0.2) is 39.4 Å². The molecule has 0 aliphatic rings. The lowest BCUT2D eigenvalue weighted by Crippen LogP contribution is -2.27. The number of nitrogens with zero attached hydrogens (tertiary/aromatic N) is 1. The van der Waals surface area contributed by atoms with Crippen LogP contribution in [0.2, 0.25) is 0 Å². The lowest BCUT2D eigenvalue weighted by atomic mass is 9.95. The van der Waals surface area contributed by atoms with Crippen molar-refractivity contribution in [3.8, 4) is 0 Å². The van der Waals surface area contributed by atoms with E-state index in [0.29, 0.717) is 16.1 Å².